The van der Waals surface area contributed by atoms with Crippen molar-refractivity contribution in [1.82, 2.24) is 0 Å². The average molecular weight is 119 g/mol. The number of hydrogen-bond donors (Lipinski definition) is 2. The van der Waals surface area contributed by atoms with Gasteiger partial charge in [0.15, 0.2) is 0 Å². The second-order valence-electron chi connectivity index (χ2n) is 1.25. The number of halogens is 1. The van der Waals surface area contributed by atoms with E-state index in [1.165, 1.54) is 0 Å². The summed E-state index contributed by atoms with van der Waals surface area (Å²) in [5.41, 5.74) is 0.316. The molecule has 1 atom stereocenters. The summed E-state index contributed by atoms with van der Waals surface area (Å²) in [6, 6.07) is 0. The van der Waals surface area contributed by atoms with Gasteiger partial charge >= 0.3 is 0 Å². The molecule has 2 N–H and O–H groups in total. The smallest absolute Gasteiger partial charge is 0.105 e. The molecule has 0 aromatic carbocycles. The highest BCUT2D eigenvalue weighted by molar-refractivity contribution is 6.39. The predicted octanol–water partition coefficient (Wildman–Crippen LogP) is 1.28. The van der Waals surface area contributed by atoms with Crippen LogP contribution in [0.3, 0.4) is 0 Å². The van der Waals surface area contributed by atoms with E-state index in [1.54, 1.807) is 6.92 Å². The van der Waals surface area contributed by atoms with E-state index in [9.17, 15) is 0 Å². The molecule has 0 saturated heterocycles. The maximum absolute atomic E-state index is 6.82. The molecule has 0 radical (unpaired) electrons. The maximum Gasteiger partial charge on any atom is 0.105 e. The van der Waals surface area contributed by atoms with E-state index in [2.05, 4.69) is 0 Å². The monoisotopic (exact) mass is 118 g/mol. The van der Waals surface area contributed by atoms with E-state index in [0.29, 0.717) is 5.71 Å². The lowest BCUT2D eigenvalue weighted by Gasteiger charge is -1.93. The zero-order valence-electron chi connectivity index (χ0n) is 4.03. The van der Waals surface area contributed by atoms with Gasteiger partial charge in [0.1, 0.15) is 5.38 Å². The molecular formula is C4H7ClN2. The number of nitrogens with one attached hydrogen (secondary N) is 2. The summed E-state index contributed by atoms with van der Waals surface area (Å²) in [6.07, 6.45) is 1.03. The van der Waals surface area contributed by atoms with E-state index >= 15 is 0 Å². The first-order valence-corrected chi connectivity index (χ1v) is 2.32. The summed E-state index contributed by atoms with van der Waals surface area (Å²) in [4.78, 5) is 0. The Morgan fingerprint density at radius 1 is 1.86 bits per heavy atom. The number of hydrogen-bond acceptors (Lipinski definition) is 2. The highest BCUT2D eigenvalue weighted by Gasteiger charge is 1.98. The maximum atomic E-state index is 6.82. The molecule has 0 rings (SSSR count). The summed E-state index contributed by atoms with van der Waals surface area (Å²) < 4.78 is 0. The van der Waals surface area contributed by atoms with Crippen LogP contribution in [0.1, 0.15) is 6.92 Å². The van der Waals surface area contributed by atoms with Crippen molar-refractivity contribution < 1.29 is 0 Å². The van der Waals surface area contributed by atoms with Gasteiger partial charge in [-0.05, 0) is 6.92 Å². The van der Waals surface area contributed by atoms with Crippen LogP contribution in [-0.2, 0) is 0 Å². The SMILES string of the molecule is CC(=N)C(Cl)C=N. The molecule has 0 aliphatic heterocycles. The molecule has 0 spiro atoms. The molecule has 3 heteroatoms. The standard InChI is InChI=1S/C4H7ClN2/c1-3(7)4(5)2-6/h2,4,6-7H,1H3. The third kappa shape index (κ3) is 2.34. The second kappa shape index (κ2) is 2.75. The zero-order chi connectivity index (χ0) is 5.86. The van der Waals surface area contributed by atoms with Gasteiger partial charge in [-0.25, -0.2) is 0 Å². The lowest BCUT2D eigenvalue weighted by atomic mass is 10.3. The fourth-order valence-electron chi connectivity index (χ4n) is 0.125. The zero-order valence-corrected chi connectivity index (χ0v) is 4.79. The predicted molar refractivity (Wildman–Crippen MR) is 31.8 cm³/mol. The molecule has 0 saturated carbocycles. The Kier molecular flexibility index (Phi) is 2.60. The molecule has 0 fully saturated rings. The van der Waals surface area contributed by atoms with Crippen molar-refractivity contribution in [2.75, 3.05) is 0 Å². The summed E-state index contributed by atoms with van der Waals surface area (Å²) in [7, 11) is 0. The van der Waals surface area contributed by atoms with Gasteiger partial charge in [0.25, 0.3) is 0 Å². The van der Waals surface area contributed by atoms with Crippen molar-refractivity contribution in [3.05, 3.63) is 0 Å². The quantitative estimate of drug-likeness (QED) is 0.406. The van der Waals surface area contributed by atoms with Crippen molar-refractivity contribution in [3.63, 3.8) is 0 Å². The third-order valence-corrected chi connectivity index (χ3v) is 1.01. The lowest BCUT2D eigenvalue weighted by Crippen LogP contribution is -2.08. The Hall–Kier alpha value is -0.370. The molecule has 40 valence electrons. The Bertz CT molecular complexity index is 89.7. The van der Waals surface area contributed by atoms with Gasteiger partial charge in [-0.15, -0.1) is 11.6 Å². The lowest BCUT2D eigenvalue weighted by molar-refractivity contribution is 1.38. The summed E-state index contributed by atoms with van der Waals surface area (Å²) in [6.45, 7) is 1.57. The van der Waals surface area contributed by atoms with Crippen LogP contribution < -0.4 is 0 Å². The minimum Gasteiger partial charge on any atom is -0.311 e. The van der Waals surface area contributed by atoms with Crippen LogP contribution in [0.15, 0.2) is 0 Å². The average Bonchev–Trinajstić information content (AvgIpc) is 1.65. The molecule has 1 unspecified atom stereocenters. The van der Waals surface area contributed by atoms with Crippen LogP contribution in [0.4, 0.5) is 0 Å². The number of alkyl halides is 1. The van der Waals surface area contributed by atoms with E-state index in [-0.39, 0.29) is 0 Å². The van der Waals surface area contributed by atoms with Crippen molar-refractivity contribution in [2.24, 2.45) is 0 Å². The van der Waals surface area contributed by atoms with Crippen molar-refractivity contribution in [1.29, 1.82) is 10.8 Å². The molecule has 0 amide bonds. The highest BCUT2D eigenvalue weighted by Crippen LogP contribution is 1.90. The van der Waals surface area contributed by atoms with Crippen LogP contribution in [-0.4, -0.2) is 17.3 Å². The first-order chi connectivity index (χ1) is 3.18. The molecule has 0 aliphatic carbocycles. The highest BCUT2D eigenvalue weighted by atomic mass is 35.5. The Labute approximate surface area is 47.5 Å². The minimum atomic E-state index is -0.500. The summed E-state index contributed by atoms with van der Waals surface area (Å²) >= 11 is 5.33. The Morgan fingerprint density at radius 2 is 2.29 bits per heavy atom. The normalized spacial score (nSPS) is 12.9. The van der Waals surface area contributed by atoms with Gasteiger partial charge in [-0.3, -0.25) is 0 Å². The van der Waals surface area contributed by atoms with E-state index < -0.39 is 5.38 Å². The number of rotatable bonds is 2. The van der Waals surface area contributed by atoms with Gasteiger partial charge in [0, 0.05) is 11.9 Å². The third-order valence-electron chi connectivity index (χ3n) is 0.560. The van der Waals surface area contributed by atoms with Gasteiger partial charge in [0.2, 0.25) is 0 Å². The first kappa shape index (κ1) is 6.63. The fraction of sp³-hybridized carbons (Fsp3) is 0.500. The van der Waals surface area contributed by atoms with E-state index in [1.807, 2.05) is 0 Å². The van der Waals surface area contributed by atoms with Crippen molar-refractivity contribution >= 4 is 23.5 Å². The first-order valence-electron chi connectivity index (χ1n) is 1.88. The van der Waals surface area contributed by atoms with Crippen molar-refractivity contribution in [3.8, 4) is 0 Å². The van der Waals surface area contributed by atoms with E-state index in [0.717, 1.165) is 6.21 Å². The molecule has 7 heavy (non-hydrogen) atoms. The van der Waals surface area contributed by atoms with Crippen LogP contribution in [0, 0.1) is 10.8 Å². The van der Waals surface area contributed by atoms with Crippen LogP contribution in [0.25, 0.3) is 0 Å². The Balaban J connectivity index is 3.55. The molecule has 0 aromatic heterocycles. The van der Waals surface area contributed by atoms with Crippen LogP contribution in [0.2, 0.25) is 0 Å². The van der Waals surface area contributed by atoms with Gasteiger partial charge < -0.3 is 10.8 Å². The topological polar surface area (TPSA) is 47.7 Å². The largest absolute Gasteiger partial charge is 0.311 e. The molecular weight excluding hydrogens is 112 g/mol. The van der Waals surface area contributed by atoms with Crippen LogP contribution in [0.5, 0.6) is 0 Å². The van der Waals surface area contributed by atoms with E-state index in [4.69, 9.17) is 22.4 Å². The Morgan fingerprint density at radius 3 is 2.29 bits per heavy atom. The minimum absolute atomic E-state index is 0.316. The second-order valence-corrected chi connectivity index (χ2v) is 1.72. The van der Waals surface area contributed by atoms with Gasteiger partial charge in [-0.1, -0.05) is 0 Å². The van der Waals surface area contributed by atoms with Crippen molar-refractivity contribution in [2.45, 2.75) is 12.3 Å². The molecule has 2 nitrogen and oxygen atoms in total. The van der Waals surface area contributed by atoms with Crippen LogP contribution >= 0.6 is 11.6 Å². The molecule has 0 bridgehead atoms. The van der Waals surface area contributed by atoms with Gasteiger partial charge in [-0.2, -0.15) is 0 Å². The molecule has 0 aliphatic rings. The molecule has 0 aromatic rings. The summed E-state index contributed by atoms with van der Waals surface area (Å²) in [5.74, 6) is 0. The van der Waals surface area contributed by atoms with Gasteiger partial charge in [0.05, 0.1) is 0 Å². The molecule has 0 heterocycles. The fourth-order valence-corrected chi connectivity index (χ4v) is 0.125. The summed E-state index contributed by atoms with van der Waals surface area (Å²) in [5, 5.41) is 12.9.